The first kappa shape index (κ1) is 15.7. The number of carbonyl (C=O) groups excluding carboxylic acids is 1. The minimum atomic E-state index is 0.115. The molecule has 2 heterocycles. The van der Waals surface area contributed by atoms with Crippen LogP contribution in [0.25, 0.3) is 11.3 Å². The molecule has 116 valence electrons. The molecule has 0 atom stereocenters. The molecule has 3 aromatic rings. The minimum Gasteiger partial charge on any atom is -0.497 e. The van der Waals surface area contributed by atoms with Crippen molar-refractivity contribution in [1.29, 1.82) is 0 Å². The summed E-state index contributed by atoms with van der Waals surface area (Å²) in [6, 6.07) is 15.2. The van der Waals surface area contributed by atoms with Crippen molar-refractivity contribution in [1.82, 2.24) is 10.2 Å². The van der Waals surface area contributed by atoms with Crippen molar-refractivity contribution in [2.75, 3.05) is 12.9 Å². The van der Waals surface area contributed by atoms with Gasteiger partial charge in [0.05, 0.1) is 23.4 Å². The lowest BCUT2D eigenvalue weighted by atomic mass is 10.1. The third kappa shape index (κ3) is 3.97. The molecule has 0 bridgehead atoms. The van der Waals surface area contributed by atoms with Crippen molar-refractivity contribution in [3.8, 4) is 17.0 Å². The predicted molar refractivity (Wildman–Crippen MR) is 93.4 cm³/mol. The molecular weight excluding hydrogens is 328 g/mol. The average molecular weight is 342 g/mol. The van der Waals surface area contributed by atoms with Gasteiger partial charge in [-0.15, -0.1) is 21.5 Å². The fourth-order valence-corrected chi connectivity index (χ4v) is 3.43. The number of benzene rings is 1. The number of ketones is 1. The highest BCUT2D eigenvalue weighted by Crippen LogP contribution is 2.24. The number of aromatic nitrogens is 2. The summed E-state index contributed by atoms with van der Waals surface area (Å²) in [5, 5.41) is 11.1. The van der Waals surface area contributed by atoms with Crippen molar-refractivity contribution in [2.45, 2.75) is 5.03 Å². The van der Waals surface area contributed by atoms with Gasteiger partial charge in [0.2, 0.25) is 0 Å². The Kier molecular flexibility index (Phi) is 5.05. The van der Waals surface area contributed by atoms with E-state index in [-0.39, 0.29) is 5.78 Å². The van der Waals surface area contributed by atoms with E-state index in [1.165, 1.54) is 23.1 Å². The van der Waals surface area contributed by atoms with Crippen LogP contribution >= 0.6 is 23.1 Å². The van der Waals surface area contributed by atoms with Crippen LogP contribution in [0.15, 0.2) is 58.9 Å². The number of thioether (sulfide) groups is 1. The van der Waals surface area contributed by atoms with E-state index in [4.69, 9.17) is 4.74 Å². The number of carbonyl (C=O) groups is 1. The summed E-state index contributed by atoms with van der Waals surface area (Å²) in [6.45, 7) is 0. The highest BCUT2D eigenvalue weighted by Gasteiger charge is 2.09. The quantitative estimate of drug-likeness (QED) is 0.497. The molecule has 0 saturated heterocycles. The first-order valence-corrected chi connectivity index (χ1v) is 8.80. The zero-order valence-corrected chi connectivity index (χ0v) is 14.1. The number of ether oxygens (including phenoxy) is 1. The first-order chi connectivity index (χ1) is 11.3. The maximum absolute atomic E-state index is 12.0. The number of Topliss-reactive ketones (excluding diaryl/α,β-unsaturated/α-hetero) is 1. The molecule has 6 heteroatoms. The van der Waals surface area contributed by atoms with E-state index in [1.807, 2.05) is 53.9 Å². The van der Waals surface area contributed by atoms with Crippen molar-refractivity contribution in [3.63, 3.8) is 0 Å². The molecule has 0 aliphatic carbocycles. The van der Waals surface area contributed by atoms with Gasteiger partial charge < -0.3 is 4.74 Å². The number of nitrogens with zero attached hydrogens (tertiary/aromatic N) is 2. The molecule has 23 heavy (non-hydrogen) atoms. The second-order valence-corrected chi connectivity index (χ2v) is 6.62. The molecule has 0 aliphatic rings. The standard InChI is InChI=1S/C17H14N2O2S2/c1-21-13-5-2-4-12(10-13)14-7-8-17(19-18-14)23-11-15(20)16-6-3-9-22-16/h2-10H,11H2,1H3. The highest BCUT2D eigenvalue weighted by atomic mass is 32.2. The summed E-state index contributed by atoms with van der Waals surface area (Å²) in [5.41, 5.74) is 1.72. The maximum atomic E-state index is 12.0. The van der Waals surface area contributed by atoms with E-state index in [0.717, 1.165) is 26.9 Å². The maximum Gasteiger partial charge on any atom is 0.183 e. The van der Waals surface area contributed by atoms with Gasteiger partial charge in [-0.05, 0) is 35.7 Å². The van der Waals surface area contributed by atoms with Gasteiger partial charge in [0.1, 0.15) is 10.8 Å². The largest absolute Gasteiger partial charge is 0.497 e. The Hall–Kier alpha value is -2.18. The van der Waals surface area contributed by atoms with Crippen LogP contribution in [0.4, 0.5) is 0 Å². The van der Waals surface area contributed by atoms with Gasteiger partial charge in [0.15, 0.2) is 5.78 Å². The van der Waals surface area contributed by atoms with Gasteiger partial charge in [-0.3, -0.25) is 4.79 Å². The van der Waals surface area contributed by atoms with Crippen LogP contribution in [0.1, 0.15) is 9.67 Å². The Bertz CT molecular complexity index is 787. The van der Waals surface area contributed by atoms with E-state index < -0.39 is 0 Å². The Morgan fingerprint density at radius 2 is 2.09 bits per heavy atom. The van der Waals surface area contributed by atoms with Crippen molar-refractivity contribution in [3.05, 3.63) is 58.8 Å². The number of thiophene rings is 1. The highest BCUT2D eigenvalue weighted by molar-refractivity contribution is 7.99. The Morgan fingerprint density at radius 3 is 2.78 bits per heavy atom. The second kappa shape index (κ2) is 7.39. The first-order valence-electron chi connectivity index (χ1n) is 6.94. The number of hydrogen-bond donors (Lipinski definition) is 0. The fraction of sp³-hybridized carbons (Fsp3) is 0.118. The number of hydrogen-bond acceptors (Lipinski definition) is 6. The van der Waals surface area contributed by atoms with E-state index in [0.29, 0.717) is 5.75 Å². The lowest BCUT2D eigenvalue weighted by molar-refractivity contribution is 0.102. The van der Waals surface area contributed by atoms with Gasteiger partial charge in [-0.25, -0.2) is 0 Å². The lowest BCUT2D eigenvalue weighted by Crippen LogP contribution is -2.00. The zero-order chi connectivity index (χ0) is 16.1. The molecule has 0 aliphatic heterocycles. The van der Waals surface area contributed by atoms with Crippen LogP contribution in [0.2, 0.25) is 0 Å². The van der Waals surface area contributed by atoms with Gasteiger partial charge in [0.25, 0.3) is 0 Å². The molecule has 0 spiro atoms. The number of methoxy groups -OCH3 is 1. The summed E-state index contributed by atoms with van der Waals surface area (Å²) in [7, 11) is 1.63. The van der Waals surface area contributed by atoms with Crippen molar-refractivity contribution >= 4 is 28.9 Å². The Labute approximate surface area is 142 Å². The van der Waals surface area contributed by atoms with Gasteiger partial charge in [-0.2, -0.15) is 0 Å². The lowest BCUT2D eigenvalue weighted by Gasteiger charge is -2.04. The summed E-state index contributed by atoms with van der Waals surface area (Å²) in [4.78, 5) is 12.7. The molecule has 0 radical (unpaired) electrons. The van der Waals surface area contributed by atoms with Crippen LogP contribution in [0.3, 0.4) is 0 Å². The van der Waals surface area contributed by atoms with Crippen LogP contribution in [-0.2, 0) is 0 Å². The second-order valence-electron chi connectivity index (χ2n) is 4.68. The van der Waals surface area contributed by atoms with E-state index >= 15 is 0 Å². The smallest absolute Gasteiger partial charge is 0.183 e. The van der Waals surface area contributed by atoms with E-state index in [9.17, 15) is 4.79 Å². The minimum absolute atomic E-state index is 0.115. The van der Waals surface area contributed by atoms with Crippen molar-refractivity contribution in [2.24, 2.45) is 0 Å². The van der Waals surface area contributed by atoms with Gasteiger partial charge in [0, 0.05) is 5.56 Å². The molecule has 0 fully saturated rings. The fourth-order valence-electron chi connectivity index (χ4n) is 1.98. The summed E-state index contributed by atoms with van der Waals surface area (Å²) >= 11 is 2.86. The van der Waals surface area contributed by atoms with E-state index in [1.54, 1.807) is 7.11 Å². The third-order valence-corrected chi connectivity index (χ3v) is 4.98. The Balaban J connectivity index is 1.66. The SMILES string of the molecule is COc1cccc(-c2ccc(SCC(=O)c3cccs3)nn2)c1. The molecular formula is C17H14N2O2S2. The van der Waals surface area contributed by atoms with Crippen LogP contribution < -0.4 is 4.74 Å². The van der Waals surface area contributed by atoms with Gasteiger partial charge >= 0.3 is 0 Å². The molecule has 4 nitrogen and oxygen atoms in total. The molecule has 0 N–H and O–H groups in total. The third-order valence-electron chi connectivity index (χ3n) is 3.15. The summed E-state index contributed by atoms with van der Waals surface area (Å²) in [6.07, 6.45) is 0. The molecule has 1 aromatic carbocycles. The molecule has 0 amide bonds. The molecule has 0 unspecified atom stereocenters. The van der Waals surface area contributed by atoms with Gasteiger partial charge in [-0.1, -0.05) is 30.0 Å². The predicted octanol–water partition coefficient (Wildman–Crippen LogP) is 4.19. The van der Waals surface area contributed by atoms with Crippen LogP contribution in [0.5, 0.6) is 5.75 Å². The van der Waals surface area contributed by atoms with Crippen LogP contribution in [-0.4, -0.2) is 28.8 Å². The molecule has 2 aromatic heterocycles. The normalized spacial score (nSPS) is 10.5. The molecule has 3 rings (SSSR count). The monoisotopic (exact) mass is 342 g/mol. The molecule has 0 saturated carbocycles. The zero-order valence-electron chi connectivity index (χ0n) is 12.4. The van der Waals surface area contributed by atoms with Crippen LogP contribution in [0, 0.1) is 0 Å². The topological polar surface area (TPSA) is 52.1 Å². The summed E-state index contributed by atoms with van der Waals surface area (Å²) < 4.78 is 5.21. The van der Waals surface area contributed by atoms with E-state index in [2.05, 4.69) is 10.2 Å². The van der Waals surface area contributed by atoms with Crippen molar-refractivity contribution < 1.29 is 9.53 Å². The number of rotatable bonds is 6. The average Bonchev–Trinajstić information content (AvgIpc) is 3.15. The summed E-state index contributed by atoms with van der Waals surface area (Å²) in [5.74, 6) is 1.27. The Morgan fingerprint density at radius 1 is 1.17 bits per heavy atom.